The van der Waals surface area contributed by atoms with Crippen molar-refractivity contribution in [3.63, 3.8) is 0 Å². The normalized spacial score (nSPS) is 10.1. The van der Waals surface area contributed by atoms with Crippen LogP contribution < -0.4 is 10.2 Å². The fourth-order valence-electron chi connectivity index (χ4n) is 1.02. The Labute approximate surface area is 82.6 Å². The van der Waals surface area contributed by atoms with Crippen LogP contribution in [0.4, 0.5) is 0 Å². The van der Waals surface area contributed by atoms with Crippen molar-refractivity contribution in [2.45, 2.75) is 6.92 Å². The molecule has 1 aromatic rings. The molecule has 0 atom stereocenters. The van der Waals surface area contributed by atoms with Crippen molar-refractivity contribution >= 4 is 12.1 Å². The molecule has 0 aromatic heterocycles. The number of rotatable bonds is 3. The number of benzene rings is 1. The van der Waals surface area contributed by atoms with Crippen LogP contribution in [-0.2, 0) is 0 Å². The van der Waals surface area contributed by atoms with Crippen molar-refractivity contribution < 1.29 is 9.53 Å². The third-order valence-electron chi connectivity index (χ3n) is 1.65. The average Bonchev–Trinajstić information content (AvgIpc) is 2.25. The summed E-state index contributed by atoms with van der Waals surface area (Å²) < 4.78 is 5.03. The summed E-state index contributed by atoms with van der Waals surface area (Å²) in [5, 5.41) is 3.64. The van der Waals surface area contributed by atoms with Gasteiger partial charge in [-0.05, 0) is 19.1 Å². The molecule has 0 saturated carbocycles. The van der Waals surface area contributed by atoms with Crippen LogP contribution in [0.25, 0.3) is 0 Å². The van der Waals surface area contributed by atoms with Gasteiger partial charge in [0.1, 0.15) is 5.75 Å². The highest BCUT2D eigenvalue weighted by atomic mass is 16.5. The van der Waals surface area contributed by atoms with Crippen LogP contribution >= 0.6 is 0 Å². The first-order valence-corrected chi connectivity index (χ1v) is 4.20. The van der Waals surface area contributed by atoms with Gasteiger partial charge in [-0.25, -0.2) is 5.43 Å². The molecule has 0 aliphatic rings. The van der Waals surface area contributed by atoms with E-state index in [0.29, 0.717) is 11.3 Å². The zero-order valence-corrected chi connectivity index (χ0v) is 8.15. The van der Waals surface area contributed by atoms with Gasteiger partial charge in [-0.3, -0.25) is 4.79 Å². The predicted molar refractivity (Wildman–Crippen MR) is 54.6 cm³/mol. The Morgan fingerprint density at radius 3 is 2.86 bits per heavy atom. The minimum Gasteiger partial charge on any atom is -0.496 e. The molecular formula is C10H12N2O2. The van der Waals surface area contributed by atoms with Crippen LogP contribution in [0.3, 0.4) is 0 Å². The molecule has 1 rings (SSSR count). The van der Waals surface area contributed by atoms with Crippen LogP contribution in [0.2, 0.25) is 0 Å². The summed E-state index contributed by atoms with van der Waals surface area (Å²) in [5.41, 5.74) is 2.85. The molecule has 0 saturated heterocycles. The molecule has 0 heterocycles. The number of carbonyl (C=O) groups is 1. The summed E-state index contributed by atoms with van der Waals surface area (Å²) in [6.45, 7) is 1.72. The van der Waals surface area contributed by atoms with Crippen molar-refractivity contribution in [3.8, 4) is 5.75 Å². The number of nitrogens with one attached hydrogen (secondary N) is 1. The molecule has 0 aliphatic heterocycles. The zero-order chi connectivity index (χ0) is 10.4. The second-order valence-electron chi connectivity index (χ2n) is 2.53. The maximum absolute atomic E-state index is 11.5. The second kappa shape index (κ2) is 5.01. The Balaban J connectivity index is 2.88. The summed E-state index contributed by atoms with van der Waals surface area (Å²) in [5.74, 6) is 0.261. The Morgan fingerprint density at radius 2 is 2.21 bits per heavy atom. The van der Waals surface area contributed by atoms with Crippen molar-refractivity contribution in [3.05, 3.63) is 29.8 Å². The van der Waals surface area contributed by atoms with E-state index in [1.54, 1.807) is 31.2 Å². The number of ether oxygens (including phenoxy) is 1. The highest BCUT2D eigenvalue weighted by Gasteiger charge is 2.09. The Kier molecular flexibility index (Phi) is 3.67. The first kappa shape index (κ1) is 10.2. The van der Waals surface area contributed by atoms with Crippen molar-refractivity contribution in [2.75, 3.05) is 7.11 Å². The third kappa shape index (κ3) is 2.32. The number of hydrogen-bond acceptors (Lipinski definition) is 3. The van der Waals surface area contributed by atoms with E-state index in [9.17, 15) is 4.79 Å². The fourth-order valence-corrected chi connectivity index (χ4v) is 1.02. The van der Waals surface area contributed by atoms with E-state index in [0.717, 1.165) is 0 Å². The third-order valence-corrected chi connectivity index (χ3v) is 1.65. The second-order valence-corrected chi connectivity index (χ2v) is 2.53. The highest BCUT2D eigenvalue weighted by Crippen LogP contribution is 2.16. The SMILES string of the molecule is C/C=N/NC(=O)c1ccccc1OC. The van der Waals surface area contributed by atoms with Gasteiger partial charge >= 0.3 is 0 Å². The number of hydrogen-bond donors (Lipinski definition) is 1. The van der Waals surface area contributed by atoms with Crippen LogP contribution in [0.15, 0.2) is 29.4 Å². The van der Waals surface area contributed by atoms with Crippen LogP contribution in [0, 0.1) is 0 Å². The number of methoxy groups -OCH3 is 1. The molecule has 4 nitrogen and oxygen atoms in total. The van der Waals surface area contributed by atoms with E-state index < -0.39 is 0 Å². The first-order chi connectivity index (χ1) is 6.79. The summed E-state index contributed by atoms with van der Waals surface area (Å²) in [7, 11) is 1.52. The van der Waals surface area contributed by atoms with Crippen LogP contribution in [0.1, 0.15) is 17.3 Å². The average molecular weight is 192 g/mol. The van der Waals surface area contributed by atoms with E-state index in [-0.39, 0.29) is 5.91 Å². The zero-order valence-electron chi connectivity index (χ0n) is 8.15. The molecule has 1 amide bonds. The van der Waals surface area contributed by atoms with Crippen molar-refractivity contribution in [1.82, 2.24) is 5.43 Å². The van der Waals surface area contributed by atoms with Gasteiger partial charge < -0.3 is 4.74 Å². The van der Waals surface area contributed by atoms with Gasteiger partial charge in [-0.2, -0.15) is 5.10 Å². The molecule has 0 aliphatic carbocycles. The van der Waals surface area contributed by atoms with E-state index in [1.807, 2.05) is 0 Å². The minimum absolute atomic E-state index is 0.277. The van der Waals surface area contributed by atoms with Gasteiger partial charge in [0, 0.05) is 6.21 Å². The fraction of sp³-hybridized carbons (Fsp3) is 0.200. The molecule has 0 spiro atoms. The molecule has 14 heavy (non-hydrogen) atoms. The van der Waals surface area contributed by atoms with Gasteiger partial charge in [0.05, 0.1) is 12.7 Å². The molecule has 0 fully saturated rings. The van der Waals surface area contributed by atoms with Crippen LogP contribution in [0.5, 0.6) is 5.75 Å². The minimum atomic E-state index is -0.277. The maximum atomic E-state index is 11.5. The Hall–Kier alpha value is -1.84. The maximum Gasteiger partial charge on any atom is 0.275 e. The number of carbonyl (C=O) groups excluding carboxylic acids is 1. The lowest BCUT2D eigenvalue weighted by Gasteiger charge is -2.05. The van der Waals surface area contributed by atoms with Crippen molar-refractivity contribution in [2.24, 2.45) is 5.10 Å². The molecule has 0 radical (unpaired) electrons. The van der Waals surface area contributed by atoms with E-state index in [2.05, 4.69) is 10.5 Å². The van der Waals surface area contributed by atoms with Gasteiger partial charge in [-0.1, -0.05) is 12.1 Å². The van der Waals surface area contributed by atoms with E-state index >= 15 is 0 Å². The summed E-state index contributed by atoms with van der Waals surface area (Å²) in [4.78, 5) is 11.5. The standard InChI is InChI=1S/C10H12N2O2/c1-3-11-12-10(13)8-6-4-5-7-9(8)14-2/h3-7H,1-2H3,(H,12,13)/b11-3+. The number of amides is 1. The van der Waals surface area contributed by atoms with Crippen LogP contribution in [-0.4, -0.2) is 19.2 Å². The molecule has 4 heteroatoms. The number of nitrogens with zero attached hydrogens (tertiary/aromatic N) is 1. The molecule has 0 unspecified atom stereocenters. The van der Waals surface area contributed by atoms with Gasteiger partial charge in [0.2, 0.25) is 0 Å². The smallest absolute Gasteiger partial charge is 0.275 e. The number of para-hydroxylation sites is 1. The largest absolute Gasteiger partial charge is 0.496 e. The monoisotopic (exact) mass is 192 g/mol. The molecule has 1 N–H and O–H groups in total. The predicted octanol–water partition coefficient (Wildman–Crippen LogP) is 1.43. The van der Waals surface area contributed by atoms with Gasteiger partial charge in [0.25, 0.3) is 5.91 Å². The molecule has 1 aromatic carbocycles. The van der Waals surface area contributed by atoms with E-state index in [4.69, 9.17) is 4.74 Å². The first-order valence-electron chi connectivity index (χ1n) is 4.20. The van der Waals surface area contributed by atoms with Gasteiger partial charge in [0.15, 0.2) is 0 Å². The summed E-state index contributed by atoms with van der Waals surface area (Å²) in [6, 6.07) is 6.98. The Bertz CT molecular complexity index is 348. The lowest BCUT2D eigenvalue weighted by Crippen LogP contribution is -2.18. The summed E-state index contributed by atoms with van der Waals surface area (Å²) in [6.07, 6.45) is 1.51. The summed E-state index contributed by atoms with van der Waals surface area (Å²) >= 11 is 0. The van der Waals surface area contributed by atoms with Crippen molar-refractivity contribution in [1.29, 1.82) is 0 Å². The Morgan fingerprint density at radius 1 is 1.50 bits per heavy atom. The van der Waals surface area contributed by atoms with E-state index in [1.165, 1.54) is 13.3 Å². The van der Waals surface area contributed by atoms with Gasteiger partial charge in [-0.15, -0.1) is 0 Å². The molecular weight excluding hydrogens is 180 g/mol. The quantitative estimate of drug-likeness (QED) is 0.581. The number of hydrazone groups is 1. The molecule has 74 valence electrons. The lowest BCUT2D eigenvalue weighted by molar-refractivity contribution is 0.0952. The highest BCUT2D eigenvalue weighted by molar-refractivity contribution is 5.96. The topological polar surface area (TPSA) is 50.7 Å². The lowest BCUT2D eigenvalue weighted by atomic mass is 10.2. The molecule has 0 bridgehead atoms.